The maximum Gasteiger partial charge on any atom is 0.237 e. The van der Waals surface area contributed by atoms with Gasteiger partial charge in [-0.15, -0.1) is 0 Å². The van der Waals surface area contributed by atoms with E-state index in [1.165, 1.54) is 4.31 Å². The molecule has 1 aliphatic carbocycles. The molecule has 2 aromatic heterocycles. The highest BCUT2D eigenvalue weighted by Crippen LogP contribution is 2.44. The average molecular weight is 808 g/mol. The molecule has 8 rings (SSSR count). The molecule has 0 spiro atoms. The van der Waals surface area contributed by atoms with Crippen molar-refractivity contribution >= 4 is 60.5 Å². The standard InChI is InChI=1S/C37H47BrN10O4S/c1-44-12-14-47(15-13-44)26-7-10-48(11-8-26)32-20-35(51-4)31(18-28(32)25-21-40-45(2)23-25)42-37-39-22-29(38)36(43-37)41-30-19-34-24(9-16-52-34)17-33(30)46(3)53(49,50)27-5-6-27/h17-23,26-27H,5-16H2,1-4H3,(H2,39,41,42,43). The molecule has 4 aromatic rings. The summed E-state index contributed by atoms with van der Waals surface area (Å²) in [5, 5.41) is 10.9. The zero-order valence-electron chi connectivity index (χ0n) is 30.7. The van der Waals surface area contributed by atoms with Crippen molar-refractivity contribution in [2.24, 2.45) is 7.05 Å². The Balaban J connectivity index is 1.08. The van der Waals surface area contributed by atoms with Gasteiger partial charge >= 0.3 is 0 Å². The van der Waals surface area contributed by atoms with E-state index in [0.717, 1.165) is 86.7 Å². The summed E-state index contributed by atoms with van der Waals surface area (Å²) in [5.74, 6) is 2.20. The number of hydrogen-bond donors (Lipinski definition) is 2. The topological polar surface area (TPSA) is 133 Å². The van der Waals surface area contributed by atoms with E-state index in [4.69, 9.17) is 14.5 Å². The Morgan fingerprint density at radius 3 is 2.43 bits per heavy atom. The van der Waals surface area contributed by atoms with Gasteiger partial charge in [0, 0.05) is 107 Å². The van der Waals surface area contributed by atoms with Gasteiger partial charge in [0.15, 0.2) is 0 Å². The smallest absolute Gasteiger partial charge is 0.237 e. The summed E-state index contributed by atoms with van der Waals surface area (Å²) in [6.07, 6.45) is 9.89. The van der Waals surface area contributed by atoms with Gasteiger partial charge in [-0.05, 0) is 66.4 Å². The molecule has 282 valence electrons. The molecule has 4 aliphatic rings. The zero-order chi connectivity index (χ0) is 36.9. The number of piperazine rings is 1. The number of likely N-dealkylation sites (N-methyl/N-ethyl adjacent to an activating group) is 1. The molecule has 1 saturated carbocycles. The van der Waals surface area contributed by atoms with Gasteiger partial charge in [-0.2, -0.15) is 10.1 Å². The number of anilines is 6. The normalized spacial score (nSPS) is 18.5. The Morgan fingerprint density at radius 2 is 1.74 bits per heavy atom. The highest BCUT2D eigenvalue weighted by atomic mass is 79.9. The largest absolute Gasteiger partial charge is 0.494 e. The average Bonchev–Trinajstić information content (AvgIpc) is 3.79. The van der Waals surface area contributed by atoms with Crippen LogP contribution in [0.15, 0.2) is 47.3 Å². The summed E-state index contributed by atoms with van der Waals surface area (Å²) in [6.45, 7) is 6.99. The van der Waals surface area contributed by atoms with Crippen molar-refractivity contribution in [3.63, 3.8) is 0 Å². The van der Waals surface area contributed by atoms with Crippen molar-refractivity contribution < 1.29 is 17.9 Å². The predicted molar refractivity (Wildman–Crippen MR) is 212 cm³/mol. The molecule has 53 heavy (non-hydrogen) atoms. The number of aryl methyl sites for hydroxylation is 1. The van der Waals surface area contributed by atoms with Gasteiger partial charge in [-0.3, -0.25) is 13.9 Å². The summed E-state index contributed by atoms with van der Waals surface area (Å²) in [4.78, 5) is 17.0. The first kappa shape index (κ1) is 35.9. The van der Waals surface area contributed by atoms with Gasteiger partial charge in [0.2, 0.25) is 16.0 Å². The minimum Gasteiger partial charge on any atom is -0.494 e. The van der Waals surface area contributed by atoms with Gasteiger partial charge in [0.25, 0.3) is 0 Å². The summed E-state index contributed by atoms with van der Waals surface area (Å²) < 4.78 is 42.3. The van der Waals surface area contributed by atoms with Crippen molar-refractivity contribution in [3.8, 4) is 22.6 Å². The van der Waals surface area contributed by atoms with Crippen LogP contribution in [0.1, 0.15) is 31.2 Å². The van der Waals surface area contributed by atoms with E-state index >= 15 is 0 Å². The second kappa shape index (κ2) is 14.6. The van der Waals surface area contributed by atoms with Crippen molar-refractivity contribution in [3.05, 3.63) is 52.9 Å². The van der Waals surface area contributed by atoms with E-state index in [2.05, 4.69) is 70.5 Å². The second-order valence-corrected chi connectivity index (χ2v) is 17.6. The van der Waals surface area contributed by atoms with Gasteiger partial charge in [0.1, 0.15) is 17.3 Å². The molecule has 14 nitrogen and oxygen atoms in total. The SMILES string of the molecule is COc1cc(N2CCC(N3CCN(C)CC3)CC2)c(-c2cnn(C)c2)cc1Nc1ncc(Br)c(Nc2cc3c(cc2N(C)S(=O)(=O)C2CC2)CCO3)n1. The fraction of sp³-hybridized carbons (Fsp3) is 0.486. The van der Waals surface area contributed by atoms with Crippen LogP contribution >= 0.6 is 15.9 Å². The van der Waals surface area contributed by atoms with Crippen LogP contribution in [-0.4, -0.2) is 116 Å². The summed E-state index contributed by atoms with van der Waals surface area (Å²) in [7, 11) is 3.92. The number of nitrogens with one attached hydrogen (secondary N) is 2. The Hall–Kier alpha value is -4.12. The van der Waals surface area contributed by atoms with Crippen LogP contribution in [0, 0.1) is 0 Å². The lowest BCUT2D eigenvalue weighted by Crippen LogP contribution is -2.52. The Labute approximate surface area is 319 Å². The molecule has 0 bridgehead atoms. The molecule has 3 aliphatic heterocycles. The van der Waals surface area contributed by atoms with Crippen molar-refractivity contribution in [1.82, 2.24) is 29.5 Å². The highest BCUT2D eigenvalue weighted by molar-refractivity contribution is 9.10. The third-order valence-electron chi connectivity index (χ3n) is 10.9. The summed E-state index contributed by atoms with van der Waals surface area (Å²) >= 11 is 3.61. The molecule has 3 fully saturated rings. The molecule has 0 atom stereocenters. The molecule has 2 saturated heterocycles. The number of halogens is 1. The van der Waals surface area contributed by atoms with Crippen LogP contribution in [0.2, 0.25) is 0 Å². The first-order chi connectivity index (χ1) is 25.6. The monoisotopic (exact) mass is 806 g/mol. The van der Waals surface area contributed by atoms with Gasteiger partial charge in [-0.1, -0.05) is 0 Å². The van der Waals surface area contributed by atoms with Crippen LogP contribution in [0.4, 0.5) is 34.5 Å². The number of benzene rings is 2. The van der Waals surface area contributed by atoms with Crippen LogP contribution in [0.25, 0.3) is 11.1 Å². The van der Waals surface area contributed by atoms with E-state index in [1.54, 1.807) is 20.4 Å². The zero-order valence-corrected chi connectivity index (χ0v) is 33.1. The lowest BCUT2D eigenvalue weighted by Gasteiger charge is -2.43. The van der Waals surface area contributed by atoms with Crippen molar-refractivity contribution in [2.45, 2.75) is 43.4 Å². The van der Waals surface area contributed by atoms with Crippen LogP contribution in [0.3, 0.4) is 0 Å². The van der Waals surface area contributed by atoms with Crippen molar-refractivity contribution in [2.75, 3.05) is 86.9 Å². The van der Waals surface area contributed by atoms with E-state index in [9.17, 15) is 8.42 Å². The fourth-order valence-electron chi connectivity index (χ4n) is 7.61. The number of piperidine rings is 1. The number of fused-ring (bicyclic) bond motifs is 1. The number of hydrogen-bond acceptors (Lipinski definition) is 12. The van der Waals surface area contributed by atoms with E-state index < -0.39 is 10.0 Å². The predicted octanol–water partition coefficient (Wildman–Crippen LogP) is 5.21. The molecule has 0 radical (unpaired) electrons. The molecule has 0 amide bonds. The highest BCUT2D eigenvalue weighted by Gasteiger charge is 2.40. The first-order valence-corrected chi connectivity index (χ1v) is 20.6. The number of aromatic nitrogens is 4. The molecule has 0 unspecified atom stereocenters. The number of nitrogens with zero attached hydrogens (tertiary/aromatic N) is 8. The molecule has 2 N–H and O–H groups in total. The first-order valence-electron chi connectivity index (χ1n) is 18.3. The Kier molecular flexibility index (Phi) is 9.89. The molecule has 2 aromatic carbocycles. The van der Waals surface area contributed by atoms with Gasteiger partial charge in [0.05, 0.1) is 46.7 Å². The third-order valence-corrected chi connectivity index (χ3v) is 13.8. The van der Waals surface area contributed by atoms with E-state index in [0.29, 0.717) is 64.5 Å². The minimum atomic E-state index is -3.50. The quantitative estimate of drug-likeness (QED) is 0.206. The number of ether oxygens (including phenoxy) is 2. The Bertz CT molecular complexity index is 2090. The maximum absolute atomic E-state index is 13.3. The van der Waals surface area contributed by atoms with Gasteiger partial charge in [-0.25, -0.2) is 13.4 Å². The second-order valence-electron chi connectivity index (χ2n) is 14.5. The number of methoxy groups -OCH3 is 1. The lowest BCUT2D eigenvalue weighted by molar-refractivity contribution is 0.0982. The van der Waals surface area contributed by atoms with E-state index in [-0.39, 0.29) is 5.25 Å². The molecule has 16 heteroatoms. The number of sulfonamides is 1. The van der Waals surface area contributed by atoms with Gasteiger partial charge < -0.3 is 29.9 Å². The molecule has 5 heterocycles. The van der Waals surface area contributed by atoms with E-state index in [1.807, 2.05) is 36.3 Å². The van der Waals surface area contributed by atoms with Crippen molar-refractivity contribution in [1.29, 1.82) is 0 Å². The molecular weight excluding hydrogens is 760 g/mol. The third kappa shape index (κ3) is 7.38. The Morgan fingerprint density at radius 1 is 0.962 bits per heavy atom. The lowest BCUT2D eigenvalue weighted by atomic mass is 9.98. The summed E-state index contributed by atoms with van der Waals surface area (Å²) in [6, 6.07) is 8.55. The number of rotatable bonds is 11. The maximum atomic E-state index is 13.3. The van der Waals surface area contributed by atoms with Crippen LogP contribution < -0.4 is 29.3 Å². The summed E-state index contributed by atoms with van der Waals surface area (Å²) in [5.41, 5.74) is 5.95. The molecular formula is C37H47BrN10O4S. The van der Waals surface area contributed by atoms with Crippen LogP contribution in [-0.2, 0) is 23.5 Å². The van der Waals surface area contributed by atoms with Crippen LogP contribution in [0.5, 0.6) is 11.5 Å². The minimum absolute atomic E-state index is 0.338. The fourth-order valence-corrected chi connectivity index (χ4v) is 9.50.